The standard InChI is InChI=1S/C17H16/c1-2-6-14-12(5-1)11-13-9-10-17(14)16-8-4-3-7-15(13)16/h1-8,13,17H,9-11H2. The molecule has 0 N–H and O–H groups in total. The van der Waals surface area contributed by atoms with Crippen molar-refractivity contribution in [3.63, 3.8) is 0 Å². The Morgan fingerprint density at radius 2 is 1.41 bits per heavy atom. The lowest BCUT2D eigenvalue weighted by molar-refractivity contribution is 0.542. The van der Waals surface area contributed by atoms with Crippen molar-refractivity contribution in [2.45, 2.75) is 31.1 Å². The third kappa shape index (κ3) is 1.30. The molecule has 2 aromatic rings. The summed E-state index contributed by atoms with van der Waals surface area (Å²) in [7, 11) is 0. The van der Waals surface area contributed by atoms with Gasteiger partial charge in [0.15, 0.2) is 0 Å². The molecule has 0 heteroatoms. The average Bonchev–Trinajstić information content (AvgIpc) is 2.66. The van der Waals surface area contributed by atoms with Gasteiger partial charge < -0.3 is 0 Å². The predicted octanol–water partition coefficient (Wildman–Crippen LogP) is 4.25. The zero-order valence-corrected chi connectivity index (χ0v) is 9.89. The Labute approximate surface area is 102 Å². The summed E-state index contributed by atoms with van der Waals surface area (Å²) in [5.74, 6) is 1.41. The van der Waals surface area contributed by atoms with Gasteiger partial charge in [-0.2, -0.15) is 0 Å². The molecule has 0 saturated carbocycles. The molecule has 0 heterocycles. The Hall–Kier alpha value is -1.56. The summed E-state index contributed by atoms with van der Waals surface area (Å²) < 4.78 is 0. The van der Waals surface area contributed by atoms with E-state index in [-0.39, 0.29) is 0 Å². The number of rotatable bonds is 0. The van der Waals surface area contributed by atoms with Crippen LogP contribution in [0.1, 0.15) is 46.9 Å². The first kappa shape index (κ1) is 9.47. The monoisotopic (exact) mass is 220 g/mol. The molecule has 3 aliphatic rings. The molecule has 0 aliphatic heterocycles. The molecule has 0 amide bonds. The molecule has 0 fully saturated rings. The molecular weight excluding hydrogens is 204 g/mol. The Bertz CT molecular complexity index is 568. The minimum atomic E-state index is 0.654. The van der Waals surface area contributed by atoms with Gasteiger partial charge in [-0.15, -0.1) is 0 Å². The summed E-state index contributed by atoms with van der Waals surface area (Å²) in [5.41, 5.74) is 6.37. The molecule has 0 spiro atoms. The summed E-state index contributed by atoms with van der Waals surface area (Å²) in [4.78, 5) is 0. The van der Waals surface area contributed by atoms with Gasteiger partial charge in [0.1, 0.15) is 0 Å². The largest absolute Gasteiger partial charge is 0.0620 e. The van der Waals surface area contributed by atoms with Gasteiger partial charge >= 0.3 is 0 Å². The summed E-state index contributed by atoms with van der Waals surface area (Å²) in [6, 6.07) is 18.1. The van der Waals surface area contributed by atoms with Crippen molar-refractivity contribution in [1.82, 2.24) is 0 Å². The smallest absolute Gasteiger partial charge is 0.00951 e. The van der Waals surface area contributed by atoms with Crippen LogP contribution in [0.15, 0.2) is 48.5 Å². The maximum Gasteiger partial charge on any atom is 0.00951 e. The van der Waals surface area contributed by atoms with Crippen molar-refractivity contribution in [3.8, 4) is 0 Å². The average molecular weight is 220 g/mol. The van der Waals surface area contributed by atoms with E-state index in [9.17, 15) is 0 Å². The van der Waals surface area contributed by atoms with Gasteiger partial charge in [-0.3, -0.25) is 0 Å². The number of fused-ring (bicyclic) bond motifs is 1. The Balaban J connectivity index is 2.00. The first-order valence-electron chi connectivity index (χ1n) is 6.60. The summed E-state index contributed by atoms with van der Waals surface area (Å²) in [5, 5.41) is 0. The van der Waals surface area contributed by atoms with Crippen LogP contribution in [-0.4, -0.2) is 0 Å². The van der Waals surface area contributed by atoms with E-state index in [1.165, 1.54) is 19.3 Å². The third-order valence-corrected chi connectivity index (χ3v) is 4.51. The number of hydrogen-bond acceptors (Lipinski definition) is 0. The second kappa shape index (κ2) is 3.46. The molecule has 2 atom stereocenters. The quantitative estimate of drug-likeness (QED) is 0.622. The van der Waals surface area contributed by atoms with Crippen molar-refractivity contribution < 1.29 is 0 Å². The van der Waals surface area contributed by atoms with E-state index < -0.39 is 0 Å². The molecule has 5 rings (SSSR count). The molecule has 2 bridgehead atoms. The minimum Gasteiger partial charge on any atom is -0.0620 e. The maximum atomic E-state index is 2.35. The lowest BCUT2D eigenvalue weighted by atomic mass is 9.77. The van der Waals surface area contributed by atoms with Crippen LogP contribution in [0.3, 0.4) is 0 Å². The first-order chi connectivity index (χ1) is 8.43. The van der Waals surface area contributed by atoms with Crippen molar-refractivity contribution in [3.05, 3.63) is 70.8 Å². The normalized spacial score (nSPS) is 24.9. The molecule has 0 nitrogen and oxygen atoms in total. The van der Waals surface area contributed by atoms with Crippen molar-refractivity contribution >= 4 is 0 Å². The van der Waals surface area contributed by atoms with Crippen LogP contribution in [0.5, 0.6) is 0 Å². The van der Waals surface area contributed by atoms with E-state index in [1.54, 1.807) is 22.3 Å². The Kier molecular flexibility index (Phi) is 1.93. The van der Waals surface area contributed by atoms with Crippen LogP contribution < -0.4 is 0 Å². The van der Waals surface area contributed by atoms with E-state index in [0.717, 1.165) is 5.92 Å². The molecule has 0 aromatic heterocycles. The number of benzene rings is 2. The van der Waals surface area contributed by atoms with Gasteiger partial charge in [-0.05, 0) is 47.4 Å². The highest BCUT2D eigenvalue weighted by atomic mass is 14.4. The topological polar surface area (TPSA) is 0 Å². The molecule has 3 aliphatic carbocycles. The highest BCUT2D eigenvalue weighted by molar-refractivity contribution is 5.48. The fourth-order valence-electron chi connectivity index (χ4n) is 3.74. The van der Waals surface area contributed by atoms with E-state index in [2.05, 4.69) is 48.5 Å². The third-order valence-electron chi connectivity index (χ3n) is 4.51. The van der Waals surface area contributed by atoms with Crippen LogP contribution in [-0.2, 0) is 6.42 Å². The maximum absolute atomic E-state index is 2.35. The molecule has 2 aromatic carbocycles. The van der Waals surface area contributed by atoms with Crippen LogP contribution in [0, 0.1) is 0 Å². The van der Waals surface area contributed by atoms with Crippen LogP contribution in [0.25, 0.3) is 0 Å². The Morgan fingerprint density at radius 1 is 0.706 bits per heavy atom. The van der Waals surface area contributed by atoms with Crippen LogP contribution >= 0.6 is 0 Å². The van der Waals surface area contributed by atoms with Crippen molar-refractivity contribution in [2.24, 2.45) is 0 Å². The molecule has 0 radical (unpaired) electrons. The van der Waals surface area contributed by atoms with E-state index in [0.29, 0.717) is 5.92 Å². The van der Waals surface area contributed by atoms with Crippen molar-refractivity contribution in [1.29, 1.82) is 0 Å². The van der Waals surface area contributed by atoms with E-state index in [4.69, 9.17) is 0 Å². The van der Waals surface area contributed by atoms with Gasteiger partial charge in [0.2, 0.25) is 0 Å². The van der Waals surface area contributed by atoms with Gasteiger partial charge in [0, 0.05) is 5.92 Å². The molecule has 17 heavy (non-hydrogen) atoms. The highest BCUT2D eigenvalue weighted by Gasteiger charge is 2.32. The zero-order chi connectivity index (χ0) is 11.2. The van der Waals surface area contributed by atoms with Crippen LogP contribution in [0.2, 0.25) is 0 Å². The van der Waals surface area contributed by atoms with E-state index in [1.807, 2.05) is 0 Å². The SMILES string of the molecule is c1ccc2c(c1)CC1CCC2c2ccccc21. The van der Waals surface area contributed by atoms with Gasteiger partial charge in [0.05, 0.1) is 0 Å². The summed E-state index contributed by atoms with van der Waals surface area (Å²) in [6.45, 7) is 0. The second-order valence-corrected chi connectivity index (χ2v) is 5.36. The van der Waals surface area contributed by atoms with E-state index >= 15 is 0 Å². The lowest BCUT2D eigenvalue weighted by Crippen LogP contribution is -2.11. The summed E-state index contributed by atoms with van der Waals surface area (Å²) >= 11 is 0. The van der Waals surface area contributed by atoms with Gasteiger partial charge in [-0.25, -0.2) is 0 Å². The van der Waals surface area contributed by atoms with Crippen molar-refractivity contribution in [2.75, 3.05) is 0 Å². The van der Waals surface area contributed by atoms with Crippen LogP contribution in [0.4, 0.5) is 0 Å². The Morgan fingerprint density at radius 3 is 2.29 bits per heavy atom. The summed E-state index contributed by atoms with van der Waals surface area (Å²) in [6.07, 6.45) is 3.93. The number of hydrogen-bond donors (Lipinski definition) is 0. The molecule has 0 saturated heterocycles. The zero-order valence-electron chi connectivity index (χ0n) is 9.89. The van der Waals surface area contributed by atoms with Gasteiger partial charge in [-0.1, -0.05) is 48.5 Å². The minimum absolute atomic E-state index is 0.654. The fourth-order valence-corrected chi connectivity index (χ4v) is 3.74. The second-order valence-electron chi connectivity index (χ2n) is 5.36. The predicted molar refractivity (Wildman–Crippen MR) is 70.4 cm³/mol. The lowest BCUT2D eigenvalue weighted by Gasteiger charge is -2.27. The molecule has 2 unspecified atom stereocenters. The molecule has 84 valence electrons. The van der Waals surface area contributed by atoms with Gasteiger partial charge in [0.25, 0.3) is 0 Å². The fraction of sp³-hybridized carbons (Fsp3) is 0.294. The highest BCUT2D eigenvalue weighted by Crippen LogP contribution is 2.47. The molecular formula is C17H16. The first-order valence-corrected chi connectivity index (χ1v) is 6.60.